The number of fused-ring (bicyclic) bond motifs is 10. The Bertz CT molecular complexity index is 3580. The minimum Gasteiger partial charge on any atom is -0.455 e. The molecular formula is C65H61BN2O. The van der Waals surface area contributed by atoms with Crippen LogP contribution in [-0.2, 0) is 21.7 Å². The Labute approximate surface area is 408 Å². The van der Waals surface area contributed by atoms with Crippen molar-refractivity contribution in [2.75, 3.05) is 9.71 Å². The van der Waals surface area contributed by atoms with Crippen LogP contribution in [0.3, 0.4) is 0 Å². The van der Waals surface area contributed by atoms with Gasteiger partial charge in [-0.05, 0) is 164 Å². The second-order valence-electron chi connectivity index (χ2n) is 23.5. The minimum absolute atomic E-state index is 0.00796. The van der Waals surface area contributed by atoms with Crippen LogP contribution in [0, 0.1) is 6.92 Å². The zero-order valence-corrected chi connectivity index (χ0v) is 41.7. The van der Waals surface area contributed by atoms with Gasteiger partial charge < -0.3 is 14.1 Å². The molecule has 13 rings (SSSR count). The summed E-state index contributed by atoms with van der Waals surface area (Å²) in [4.78, 5) is 5.37. The number of hydrogen-bond donors (Lipinski definition) is 0. The van der Waals surface area contributed by atoms with Crippen LogP contribution in [0.5, 0.6) is 0 Å². The molecule has 0 saturated heterocycles. The molecule has 0 unspecified atom stereocenters. The average molecular weight is 897 g/mol. The highest BCUT2D eigenvalue weighted by molar-refractivity contribution is 6.94. The van der Waals surface area contributed by atoms with Gasteiger partial charge >= 0.3 is 6.85 Å². The van der Waals surface area contributed by atoms with Gasteiger partial charge in [-0.15, -0.1) is 0 Å². The molecule has 1 aromatic heterocycles. The molecule has 3 heterocycles. The fraction of sp³-hybridized carbons (Fsp3) is 0.262. The van der Waals surface area contributed by atoms with Crippen LogP contribution >= 0.6 is 0 Å². The Morgan fingerprint density at radius 3 is 1.61 bits per heavy atom. The number of para-hydroxylation sites is 1. The lowest BCUT2D eigenvalue weighted by Crippen LogP contribution is -2.61. The Morgan fingerprint density at radius 1 is 0.449 bits per heavy atom. The number of benzene rings is 8. The molecule has 2 aliphatic heterocycles. The first-order valence-corrected chi connectivity index (χ1v) is 25.4. The molecule has 0 fully saturated rings. The van der Waals surface area contributed by atoms with Crippen molar-refractivity contribution in [2.24, 2.45) is 0 Å². The summed E-state index contributed by atoms with van der Waals surface area (Å²) in [6.45, 7) is 21.8. The van der Waals surface area contributed by atoms with E-state index in [0.717, 1.165) is 41.2 Å². The van der Waals surface area contributed by atoms with Gasteiger partial charge in [0.2, 0.25) is 0 Å². The fourth-order valence-corrected chi connectivity index (χ4v) is 13.0. The van der Waals surface area contributed by atoms with Crippen molar-refractivity contribution in [2.45, 2.75) is 110 Å². The van der Waals surface area contributed by atoms with Crippen molar-refractivity contribution < 1.29 is 4.42 Å². The highest BCUT2D eigenvalue weighted by Crippen LogP contribution is 2.56. The van der Waals surface area contributed by atoms with Crippen molar-refractivity contribution in [3.05, 3.63) is 186 Å². The van der Waals surface area contributed by atoms with Crippen molar-refractivity contribution in [3.8, 4) is 33.4 Å². The van der Waals surface area contributed by atoms with Gasteiger partial charge in [-0.1, -0.05) is 165 Å². The lowest BCUT2D eigenvalue weighted by Gasteiger charge is -2.48. The second-order valence-corrected chi connectivity index (χ2v) is 23.5. The van der Waals surface area contributed by atoms with E-state index in [0.29, 0.717) is 0 Å². The van der Waals surface area contributed by atoms with E-state index in [2.05, 4.69) is 230 Å². The van der Waals surface area contributed by atoms with Crippen LogP contribution in [0.25, 0.3) is 55.3 Å². The molecule has 2 aliphatic carbocycles. The molecule has 0 radical (unpaired) electrons. The van der Waals surface area contributed by atoms with Gasteiger partial charge in [0, 0.05) is 50.3 Å². The van der Waals surface area contributed by atoms with Gasteiger partial charge in [-0.25, -0.2) is 0 Å². The predicted octanol–water partition coefficient (Wildman–Crippen LogP) is 16.6. The van der Waals surface area contributed by atoms with Crippen LogP contribution in [0.15, 0.2) is 162 Å². The summed E-state index contributed by atoms with van der Waals surface area (Å²) in [5.41, 5.74) is 25.2. The van der Waals surface area contributed by atoms with Crippen molar-refractivity contribution in [1.82, 2.24) is 0 Å². The summed E-state index contributed by atoms with van der Waals surface area (Å²) < 4.78 is 7.24. The third-order valence-corrected chi connectivity index (χ3v) is 17.3. The van der Waals surface area contributed by atoms with Gasteiger partial charge in [-0.3, -0.25) is 0 Å². The van der Waals surface area contributed by atoms with Gasteiger partial charge in [0.1, 0.15) is 11.2 Å². The van der Waals surface area contributed by atoms with E-state index >= 15 is 0 Å². The molecule has 69 heavy (non-hydrogen) atoms. The molecule has 340 valence electrons. The number of aryl methyl sites for hydroxylation is 1. The summed E-state index contributed by atoms with van der Waals surface area (Å²) in [6.07, 6.45) is 4.61. The number of nitrogens with zero attached hydrogens (tertiary/aromatic N) is 2. The third-order valence-electron chi connectivity index (χ3n) is 17.3. The highest BCUT2D eigenvalue weighted by atomic mass is 16.3. The Hall–Kier alpha value is -6.78. The molecule has 9 aromatic rings. The van der Waals surface area contributed by atoms with E-state index in [4.69, 9.17) is 4.42 Å². The van der Waals surface area contributed by atoms with Crippen LogP contribution in [-0.4, -0.2) is 6.85 Å². The van der Waals surface area contributed by atoms with E-state index < -0.39 is 0 Å². The van der Waals surface area contributed by atoms with E-state index in [-0.39, 0.29) is 28.5 Å². The number of rotatable bonds is 4. The largest absolute Gasteiger partial charge is 0.455 e. The predicted molar refractivity (Wildman–Crippen MR) is 294 cm³/mol. The van der Waals surface area contributed by atoms with E-state index in [9.17, 15) is 0 Å². The first kappa shape index (κ1) is 42.3. The molecule has 0 atom stereocenters. The molecular weight excluding hydrogens is 836 g/mol. The van der Waals surface area contributed by atoms with Crippen molar-refractivity contribution in [3.63, 3.8) is 0 Å². The molecule has 0 spiro atoms. The first-order valence-electron chi connectivity index (χ1n) is 25.4. The molecule has 3 nitrogen and oxygen atoms in total. The van der Waals surface area contributed by atoms with Crippen molar-refractivity contribution in [1.29, 1.82) is 0 Å². The maximum absolute atomic E-state index is 7.24. The lowest BCUT2D eigenvalue weighted by molar-refractivity contribution is 0.332. The van der Waals surface area contributed by atoms with Crippen LogP contribution in [0.2, 0.25) is 0 Å². The van der Waals surface area contributed by atoms with Crippen LogP contribution < -0.4 is 20.6 Å². The number of furan rings is 1. The van der Waals surface area contributed by atoms with E-state index in [1.807, 2.05) is 0 Å². The zero-order chi connectivity index (χ0) is 47.4. The monoisotopic (exact) mass is 896 g/mol. The van der Waals surface area contributed by atoms with Crippen LogP contribution in [0.1, 0.15) is 109 Å². The lowest BCUT2D eigenvalue weighted by atomic mass is 9.43. The summed E-state index contributed by atoms with van der Waals surface area (Å²) in [7, 11) is 0. The van der Waals surface area contributed by atoms with Crippen LogP contribution in [0.4, 0.5) is 28.4 Å². The normalized spacial score (nSPS) is 17.8. The maximum Gasteiger partial charge on any atom is 0.333 e. The van der Waals surface area contributed by atoms with Crippen molar-refractivity contribution >= 4 is 68.1 Å². The molecule has 4 aliphatic rings. The van der Waals surface area contributed by atoms with E-state index in [1.54, 1.807) is 0 Å². The Morgan fingerprint density at radius 2 is 0.971 bits per heavy atom. The van der Waals surface area contributed by atoms with Gasteiger partial charge in [0.25, 0.3) is 0 Å². The van der Waals surface area contributed by atoms with E-state index in [1.165, 1.54) is 107 Å². The van der Waals surface area contributed by atoms with Gasteiger partial charge in [0.15, 0.2) is 0 Å². The summed E-state index contributed by atoms with van der Waals surface area (Å²) in [5, 5.41) is 2.31. The average Bonchev–Trinajstić information content (AvgIpc) is 3.73. The summed E-state index contributed by atoms with van der Waals surface area (Å²) >= 11 is 0. The Kier molecular flexibility index (Phi) is 8.97. The standard InChI is InChI=1S/C65H61BN2O/c1-40-34-49-51(64(6,7)32-30-62(49,2)3)38-54(40)67-56-35-44(42-20-14-11-15-21-42)26-29-53(56)66-60-57(67)37-47-46-22-16-17-23-58(46)69-61(47)59(60)48-36-50-52(65(8,9)33-31-63(50,4)5)39-55(48)68(66)45-27-24-43(25-28-45)41-18-12-10-13-19-41/h10-29,34-39H,30-33H2,1-9H3. The quantitative estimate of drug-likeness (QED) is 0.164. The Balaban J connectivity index is 1.19. The number of hydrogen-bond acceptors (Lipinski definition) is 3. The molecule has 0 amide bonds. The summed E-state index contributed by atoms with van der Waals surface area (Å²) in [5.74, 6) is 0. The van der Waals surface area contributed by atoms with Gasteiger partial charge in [-0.2, -0.15) is 0 Å². The van der Waals surface area contributed by atoms with Gasteiger partial charge in [0.05, 0.1) is 0 Å². The second kappa shape index (κ2) is 14.6. The topological polar surface area (TPSA) is 19.6 Å². The third kappa shape index (κ3) is 6.26. The minimum atomic E-state index is -0.162. The zero-order valence-electron chi connectivity index (χ0n) is 41.7. The number of anilines is 5. The summed E-state index contributed by atoms with van der Waals surface area (Å²) in [6, 6.07) is 59.9. The smallest absolute Gasteiger partial charge is 0.333 e. The molecule has 4 heteroatoms. The molecule has 0 N–H and O–H groups in total. The molecule has 0 saturated carbocycles. The molecule has 0 bridgehead atoms. The molecule has 8 aromatic carbocycles. The highest BCUT2D eigenvalue weighted by Gasteiger charge is 2.49. The first-order chi connectivity index (χ1) is 33.1. The maximum atomic E-state index is 7.24. The SMILES string of the molecule is Cc1cc2c(cc1N1c3cc(-c4ccccc4)ccc3B3c4c1cc1c(oc5ccccc51)c4-c1cc4c(cc1N3c1ccc(-c3ccccc3)cc1)C(C)(C)CCC4(C)C)C(C)(C)CCC2(C)C. The fourth-order valence-electron chi connectivity index (χ4n) is 13.0.